The van der Waals surface area contributed by atoms with E-state index in [0.29, 0.717) is 11.4 Å². The minimum absolute atomic E-state index is 0.0572. The van der Waals surface area contributed by atoms with Crippen LogP contribution in [0.1, 0.15) is 54.1 Å². The first-order valence-electron chi connectivity index (χ1n) is 11.6. The van der Waals surface area contributed by atoms with Crippen LogP contribution in [0, 0.1) is 39.3 Å². The summed E-state index contributed by atoms with van der Waals surface area (Å²) >= 11 is 0. The van der Waals surface area contributed by atoms with Gasteiger partial charge in [0.05, 0.1) is 11.1 Å². The first-order valence-corrected chi connectivity index (χ1v) is 11.6. The third kappa shape index (κ3) is 3.57. The van der Waals surface area contributed by atoms with Gasteiger partial charge in [-0.05, 0) is 49.9 Å². The molecule has 0 fully saturated rings. The highest BCUT2D eigenvalue weighted by molar-refractivity contribution is 6.29. The number of para-hydroxylation sites is 2. The van der Waals surface area contributed by atoms with Gasteiger partial charge in [0.25, 0.3) is 0 Å². The van der Waals surface area contributed by atoms with Crippen LogP contribution in [0.2, 0.25) is 0 Å². The number of halogens is 2. The van der Waals surface area contributed by atoms with Crippen LogP contribution in [0.5, 0.6) is 0 Å². The number of carbonyl (C=O) groups excluding carboxylic acids is 2. The van der Waals surface area contributed by atoms with E-state index in [4.69, 9.17) is 0 Å². The summed E-state index contributed by atoms with van der Waals surface area (Å²) in [5.74, 6) is -3.40. The second-order valence-corrected chi connectivity index (χ2v) is 9.12. The molecule has 0 aromatic heterocycles. The molecule has 0 amide bonds. The number of benzene rings is 4. The van der Waals surface area contributed by atoms with E-state index >= 15 is 8.78 Å². The molecule has 1 aliphatic carbocycles. The molecule has 0 saturated carbocycles. The average Bonchev–Trinajstić information content (AvgIpc) is 2.85. The molecule has 0 unspecified atom stereocenters. The van der Waals surface area contributed by atoms with Crippen LogP contribution in [0.25, 0.3) is 0 Å². The van der Waals surface area contributed by atoms with Crippen molar-refractivity contribution in [3.63, 3.8) is 0 Å². The first kappa shape index (κ1) is 23.4. The van der Waals surface area contributed by atoms with Crippen LogP contribution in [-0.2, 0) is 0 Å². The molecule has 0 aliphatic heterocycles. The summed E-state index contributed by atoms with van der Waals surface area (Å²) in [5, 5.41) is 6.09. The summed E-state index contributed by atoms with van der Waals surface area (Å²) in [5.41, 5.74) is 3.00. The van der Waals surface area contributed by atoms with E-state index in [2.05, 4.69) is 10.6 Å². The highest BCUT2D eigenvalue weighted by Gasteiger charge is 2.38. The molecule has 36 heavy (non-hydrogen) atoms. The highest BCUT2D eigenvalue weighted by Crippen LogP contribution is 2.43. The van der Waals surface area contributed by atoms with Crippen molar-refractivity contribution >= 4 is 34.3 Å². The number of hydrogen-bond acceptors (Lipinski definition) is 4. The summed E-state index contributed by atoms with van der Waals surface area (Å²) in [6, 6.07) is 17.2. The van der Waals surface area contributed by atoms with Crippen molar-refractivity contribution in [1.29, 1.82) is 0 Å². The van der Waals surface area contributed by atoms with Gasteiger partial charge >= 0.3 is 0 Å². The summed E-state index contributed by atoms with van der Waals surface area (Å²) in [7, 11) is 0. The molecule has 0 saturated heterocycles. The van der Waals surface area contributed by atoms with Gasteiger partial charge in [-0.2, -0.15) is 0 Å². The van der Waals surface area contributed by atoms with Crippen LogP contribution >= 0.6 is 0 Å². The fourth-order valence-corrected chi connectivity index (χ4v) is 4.77. The fraction of sp³-hybridized carbons (Fsp3) is 0.133. The maximum atomic E-state index is 16.3. The fourth-order valence-electron chi connectivity index (χ4n) is 4.77. The molecule has 6 heteroatoms. The topological polar surface area (TPSA) is 58.2 Å². The summed E-state index contributed by atoms with van der Waals surface area (Å²) in [6.07, 6.45) is 0. The molecule has 0 bridgehead atoms. The third-order valence-corrected chi connectivity index (χ3v) is 6.71. The number of anilines is 4. The molecular weight excluding hydrogens is 458 g/mol. The Morgan fingerprint density at radius 1 is 0.500 bits per heavy atom. The molecule has 4 nitrogen and oxygen atoms in total. The molecule has 180 valence electrons. The minimum atomic E-state index is -0.976. The number of aryl methyl sites for hydroxylation is 4. The lowest BCUT2D eigenvalue weighted by molar-refractivity contribution is 0.0972. The number of ketones is 2. The SMILES string of the molecule is Cc1cccc(C)c1Nc1c(F)c2c(c(F)c1Nc1c(C)cccc1C)C(=O)c1ccccc1C2=O. The number of hydrogen-bond donors (Lipinski definition) is 2. The smallest absolute Gasteiger partial charge is 0.197 e. The predicted octanol–water partition coefficient (Wildman–Crippen LogP) is 7.46. The Labute approximate surface area is 208 Å². The Hall–Kier alpha value is -4.32. The second kappa shape index (κ2) is 8.72. The Kier molecular flexibility index (Phi) is 5.67. The molecule has 1 aliphatic rings. The van der Waals surface area contributed by atoms with Crippen LogP contribution in [0.15, 0.2) is 60.7 Å². The molecule has 0 spiro atoms. The molecular formula is C30H24F2N2O2. The van der Waals surface area contributed by atoms with Crippen LogP contribution in [-0.4, -0.2) is 11.6 Å². The van der Waals surface area contributed by atoms with E-state index < -0.39 is 34.3 Å². The van der Waals surface area contributed by atoms with Crippen molar-refractivity contribution in [2.45, 2.75) is 27.7 Å². The average molecular weight is 483 g/mol. The van der Waals surface area contributed by atoms with E-state index in [-0.39, 0.29) is 22.5 Å². The summed E-state index contributed by atoms with van der Waals surface area (Å²) in [4.78, 5) is 26.7. The largest absolute Gasteiger partial charge is 0.351 e. The lowest BCUT2D eigenvalue weighted by Gasteiger charge is -2.25. The van der Waals surface area contributed by atoms with Crippen LogP contribution in [0.3, 0.4) is 0 Å². The van der Waals surface area contributed by atoms with Crippen molar-refractivity contribution in [1.82, 2.24) is 0 Å². The minimum Gasteiger partial charge on any atom is -0.351 e. The zero-order chi connectivity index (χ0) is 25.7. The Balaban J connectivity index is 1.81. The van der Waals surface area contributed by atoms with Gasteiger partial charge in [-0.1, -0.05) is 60.7 Å². The van der Waals surface area contributed by atoms with E-state index in [0.717, 1.165) is 22.3 Å². The van der Waals surface area contributed by atoms with E-state index in [9.17, 15) is 9.59 Å². The summed E-state index contributed by atoms with van der Waals surface area (Å²) < 4.78 is 32.6. The summed E-state index contributed by atoms with van der Waals surface area (Å²) in [6.45, 7) is 7.41. The number of fused-ring (bicyclic) bond motifs is 2. The van der Waals surface area contributed by atoms with Crippen LogP contribution in [0.4, 0.5) is 31.5 Å². The maximum Gasteiger partial charge on any atom is 0.197 e. The predicted molar refractivity (Wildman–Crippen MR) is 138 cm³/mol. The van der Waals surface area contributed by atoms with Crippen molar-refractivity contribution in [2.75, 3.05) is 10.6 Å². The van der Waals surface area contributed by atoms with Crippen LogP contribution < -0.4 is 10.6 Å². The number of rotatable bonds is 4. The van der Waals surface area contributed by atoms with Gasteiger partial charge in [-0.25, -0.2) is 8.78 Å². The van der Waals surface area contributed by atoms with E-state index in [1.807, 2.05) is 64.1 Å². The van der Waals surface area contributed by atoms with Gasteiger partial charge in [0.2, 0.25) is 0 Å². The molecule has 4 aromatic carbocycles. The Morgan fingerprint density at radius 3 is 1.17 bits per heavy atom. The quantitative estimate of drug-likeness (QED) is 0.279. The normalized spacial score (nSPS) is 12.3. The molecule has 0 heterocycles. The zero-order valence-electron chi connectivity index (χ0n) is 20.3. The molecule has 2 N–H and O–H groups in total. The molecule has 0 radical (unpaired) electrons. The van der Waals surface area contributed by atoms with Gasteiger partial charge in [-0.3, -0.25) is 9.59 Å². The van der Waals surface area contributed by atoms with Gasteiger partial charge in [-0.15, -0.1) is 0 Å². The number of carbonyl (C=O) groups is 2. The van der Waals surface area contributed by atoms with Gasteiger partial charge in [0.15, 0.2) is 23.2 Å². The lowest BCUT2D eigenvalue weighted by atomic mass is 9.82. The Morgan fingerprint density at radius 2 is 0.833 bits per heavy atom. The van der Waals surface area contributed by atoms with E-state index in [1.165, 1.54) is 12.1 Å². The second-order valence-electron chi connectivity index (χ2n) is 9.12. The van der Waals surface area contributed by atoms with Gasteiger partial charge in [0, 0.05) is 22.5 Å². The molecule has 0 atom stereocenters. The molecule has 4 aromatic rings. The monoisotopic (exact) mass is 482 g/mol. The standard InChI is InChI=1S/C30H24F2N2O2/c1-15-9-7-10-16(2)25(15)33-27-23(31)21-22(30(36)20-14-6-5-13-19(20)29(21)35)24(32)28(27)34-26-17(3)11-8-12-18(26)4/h5-14,33-34H,1-4H3. The molecule has 5 rings (SSSR count). The first-order chi connectivity index (χ1) is 17.2. The maximum absolute atomic E-state index is 16.3. The Bertz CT molecular complexity index is 1430. The lowest BCUT2D eigenvalue weighted by Crippen LogP contribution is -2.25. The zero-order valence-corrected chi connectivity index (χ0v) is 20.3. The van der Waals surface area contributed by atoms with E-state index in [1.54, 1.807) is 12.1 Å². The van der Waals surface area contributed by atoms with Crippen molar-refractivity contribution in [3.05, 3.63) is 117 Å². The highest BCUT2D eigenvalue weighted by atomic mass is 19.1. The third-order valence-electron chi connectivity index (χ3n) is 6.71. The van der Waals surface area contributed by atoms with Crippen molar-refractivity contribution in [3.8, 4) is 0 Å². The van der Waals surface area contributed by atoms with Crippen molar-refractivity contribution in [2.24, 2.45) is 0 Å². The number of nitrogens with one attached hydrogen (secondary N) is 2. The van der Waals surface area contributed by atoms with Gasteiger partial charge in [0.1, 0.15) is 11.4 Å². The van der Waals surface area contributed by atoms with Gasteiger partial charge < -0.3 is 10.6 Å². The van der Waals surface area contributed by atoms with Crippen molar-refractivity contribution < 1.29 is 18.4 Å².